The first-order valence-electron chi connectivity index (χ1n) is 3.87. The highest BCUT2D eigenvalue weighted by atomic mass is 79.9. The van der Waals surface area contributed by atoms with Gasteiger partial charge in [-0.25, -0.2) is 0 Å². The Bertz CT molecular complexity index is 513. The second-order valence-corrected chi connectivity index (χ2v) is 3.61. The van der Waals surface area contributed by atoms with Crippen molar-refractivity contribution in [3.05, 3.63) is 45.0 Å². The number of nitro groups is 1. The predicted octanol–water partition coefficient (Wildman–Crippen LogP) is 2.91. The van der Waals surface area contributed by atoms with Crippen molar-refractivity contribution in [2.75, 3.05) is 0 Å². The molecule has 0 spiro atoms. The smallest absolute Gasteiger partial charge is 0.258 e. The molecule has 0 bridgehead atoms. The molecule has 0 saturated heterocycles. The fraction of sp³-hybridized carbons (Fsp3) is 0. The highest BCUT2D eigenvalue weighted by Crippen LogP contribution is 2.25. The Morgan fingerprint density at radius 1 is 1.36 bits per heavy atom. The number of hydrogen-bond acceptors (Lipinski definition) is 3. The Morgan fingerprint density at radius 2 is 2.14 bits per heavy atom. The number of nitrogens with zero attached hydrogens (tertiary/aromatic N) is 2. The number of rotatable bonds is 1. The fourth-order valence-corrected chi connectivity index (χ4v) is 1.65. The molecule has 0 saturated carbocycles. The van der Waals surface area contributed by atoms with Crippen molar-refractivity contribution in [2.45, 2.75) is 0 Å². The minimum Gasteiger partial charge on any atom is -0.258 e. The summed E-state index contributed by atoms with van der Waals surface area (Å²) in [5, 5.41) is 11.3. The summed E-state index contributed by atoms with van der Waals surface area (Å²) in [7, 11) is 0. The molecule has 0 aliphatic rings. The second kappa shape index (κ2) is 3.34. The van der Waals surface area contributed by atoms with Gasteiger partial charge in [-0.3, -0.25) is 15.1 Å². The van der Waals surface area contributed by atoms with Gasteiger partial charge in [-0.15, -0.1) is 0 Å². The third-order valence-electron chi connectivity index (χ3n) is 1.88. The van der Waals surface area contributed by atoms with Crippen LogP contribution in [0.1, 0.15) is 0 Å². The molecule has 5 heteroatoms. The van der Waals surface area contributed by atoms with E-state index in [0.29, 0.717) is 0 Å². The van der Waals surface area contributed by atoms with Crippen LogP contribution in [0.3, 0.4) is 0 Å². The molecule has 1 aromatic heterocycles. The highest BCUT2D eigenvalue weighted by molar-refractivity contribution is 9.10. The maximum absolute atomic E-state index is 10.5. The van der Waals surface area contributed by atoms with Crippen molar-refractivity contribution < 1.29 is 4.92 Å². The van der Waals surface area contributed by atoms with Gasteiger partial charge in [0.1, 0.15) is 0 Å². The van der Waals surface area contributed by atoms with Gasteiger partial charge in [0.15, 0.2) is 0 Å². The summed E-state index contributed by atoms with van der Waals surface area (Å²) in [5.41, 5.74) is 0.816. The monoisotopic (exact) mass is 252 g/mol. The van der Waals surface area contributed by atoms with E-state index in [1.165, 1.54) is 12.1 Å². The van der Waals surface area contributed by atoms with E-state index in [2.05, 4.69) is 20.9 Å². The number of hydrogen-bond donors (Lipinski definition) is 0. The number of nitro benzene ring substituents is 1. The van der Waals surface area contributed by atoms with Crippen LogP contribution in [0.4, 0.5) is 5.69 Å². The molecule has 0 N–H and O–H groups in total. The molecule has 2 aromatic rings. The Hall–Kier alpha value is -1.49. The van der Waals surface area contributed by atoms with Gasteiger partial charge in [0.05, 0.1) is 10.4 Å². The zero-order chi connectivity index (χ0) is 10.1. The number of aromatic nitrogens is 1. The summed E-state index contributed by atoms with van der Waals surface area (Å²) >= 11 is 3.32. The molecule has 2 rings (SSSR count). The van der Waals surface area contributed by atoms with Crippen molar-refractivity contribution in [3.8, 4) is 0 Å². The average molecular weight is 253 g/mol. The zero-order valence-electron chi connectivity index (χ0n) is 6.98. The molecule has 0 amide bonds. The van der Waals surface area contributed by atoms with Gasteiger partial charge >= 0.3 is 0 Å². The van der Waals surface area contributed by atoms with E-state index in [1.54, 1.807) is 18.3 Å². The van der Waals surface area contributed by atoms with Crippen molar-refractivity contribution >= 4 is 32.5 Å². The largest absolute Gasteiger partial charge is 0.270 e. The number of non-ortho nitro benzene ring substituents is 1. The molecule has 0 unspecified atom stereocenters. The molecule has 1 heterocycles. The summed E-state index contributed by atoms with van der Waals surface area (Å²) in [4.78, 5) is 14.2. The van der Waals surface area contributed by atoms with Crippen molar-refractivity contribution in [1.82, 2.24) is 4.98 Å². The van der Waals surface area contributed by atoms with Gasteiger partial charge in [-0.2, -0.15) is 0 Å². The maximum Gasteiger partial charge on any atom is 0.270 e. The van der Waals surface area contributed by atoms with Crippen molar-refractivity contribution in [1.29, 1.82) is 0 Å². The van der Waals surface area contributed by atoms with Crippen molar-refractivity contribution in [2.24, 2.45) is 0 Å². The molecular formula is C9H5BrN2O2. The summed E-state index contributed by atoms with van der Waals surface area (Å²) < 4.78 is 0.811. The van der Waals surface area contributed by atoms with E-state index >= 15 is 0 Å². The van der Waals surface area contributed by atoms with Crippen LogP contribution in [0.15, 0.2) is 34.9 Å². The van der Waals surface area contributed by atoms with Crippen LogP contribution >= 0.6 is 15.9 Å². The van der Waals surface area contributed by atoms with Gasteiger partial charge < -0.3 is 0 Å². The molecule has 1 aromatic carbocycles. The molecule has 0 fully saturated rings. The van der Waals surface area contributed by atoms with Gasteiger partial charge in [0.2, 0.25) is 0 Å². The lowest BCUT2D eigenvalue weighted by molar-refractivity contribution is -0.384. The van der Waals surface area contributed by atoms with E-state index in [0.717, 1.165) is 15.4 Å². The van der Waals surface area contributed by atoms with E-state index in [-0.39, 0.29) is 5.69 Å². The van der Waals surface area contributed by atoms with Crippen LogP contribution in [-0.2, 0) is 0 Å². The van der Waals surface area contributed by atoms with Gasteiger partial charge in [-0.05, 0) is 12.1 Å². The zero-order valence-corrected chi connectivity index (χ0v) is 8.56. The Morgan fingerprint density at radius 3 is 2.86 bits per heavy atom. The van der Waals surface area contributed by atoms with Gasteiger partial charge in [0.25, 0.3) is 5.69 Å². The lowest BCUT2D eigenvalue weighted by Gasteiger charge is -1.98. The summed E-state index contributed by atoms with van der Waals surface area (Å²) in [6, 6.07) is 6.35. The first-order chi connectivity index (χ1) is 6.68. The maximum atomic E-state index is 10.5. The third-order valence-corrected chi connectivity index (χ3v) is 2.57. The molecule has 70 valence electrons. The molecule has 0 atom stereocenters. The van der Waals surface area contributed by atoms with Crippen molar-refractivity contribution in [3.63, 3.8) is 0 Å². The Kier molecular flexibility index (Phi) is 2.17. The van der Waals surface area contributed by atoms with Crippen LogP contribution in [-0.4, -0.2) is 9.91 Å². The minimum absolute atomic E-state index is 0.0752. The van der Waals surface area contributed by atoms with Crippen LogP contribution in [0.25, 0.3) is 10.9 Å². The Labute approximate surface area is 87.9 Å². The first kappa shape index (κ1) is 9.08. The molecule has 4 nitrogen and oxygen atoms in total. The van der Waals surface area contributed by atoms with E-state index in [1.807, 2.05) is 0 Å². The van der Waals surface area contributed by atoms with Crippen LogP contribution in [0.2, 0.25) is 0 Å². The van der Waals surface area contributed by atoms with E-state index < -0.39 is 4.92 Å². The molecular weight excluding hydrogens is 248 g/mol. The molecule has 14 heavy (non-hydrogen) atoms. The third kappa shape index (κ3) is 1.46. The van der Waals surface area contributed by atoms with E-state index in [9.17, 15) is 10.1 Å². The highest BCUT2D eigenvalue weighted by Gasteiger charge is 2.07. The number of pyridine rings is 1. The summed E-state index contributed by atoms with van der Waals surface area (Å²) in [6.07, 6.45) is 1.65. The topological polar surface area (TPSA) is 56.0 Å². The predicted molar refractivity (Wildman–Crippen MR) is 56.1 cm³/mol. The van der Waals surface area contributed by atoms with Crippen LogP contribution < -0.4 is 0 Å². The normalized spacial score (nSPS) is 10.4. The molecule has 0 aliphatic heterocycles. The Balaban J connectivity index is 2.76. The average Bonchev–Trinajstić information content (AvgIpc) is 2.18. The number of halogens is 1. The SMILES string of the molecule is O=[N+]([O-])c1ccc2nccc(Br)c2c1. The summed E-state index contributed by atoms with van der Waals surface area (Å²) in [5.74, 6) is 0. The molecule has 0 radical (unpaired) electrons. The second-order valence-electron chi connectivity index (χ2n) is 2.75. The van der Waals surface area contributed by atoms with Crippen LogP contribution in [0, 0.1) is 10.1 Å². The molecule has 0 aliphatic carbocycles. The standard InChI is InChI=1S/C9H5BrN2O2/c10-8-3-4-11-9-2-1-6(12(13)14)5-7(8)9/h1-5H. The lowest BCUT2D eigenvalue weighted by Crippen LogP contribution is -1.88. The van der Waals surface area contributed by atoms with Gasteiger partial charge in [-0.1, -0.05) is 15.9 Å². The fourth-order valence-electron chi connectivity index (χ4n) is 1.21. The van der Waals surface area contributed by atoms with Gasteiger partial charge in [0, 0.05) is 28.2 Å². The van der Waals surface area contributed by atoms with Crippen LogP contribution in [0.5, 0.6) is 0 Å². The van der Waals surface area contributed by atoms with E-state index in [4.69, 9.17) is 0 Å². The minimum atomic E-state index is -0.418. The quantitative estimate of drug-likeness (QED) is 0.579. The number of benzene rings is 1. The first-order valence-corrected chi connectivity index (χ1v) is 4.66. The number of fused-ring (bicyclic) bond motifs is 1. The summed E-state index contributed by atoms with van der Waals surface area (Å²) in [6.45, 7) is 0. The lowest BCUT2D eigenvalue weighted by atomic mass is 10.2.